The third-order valence-corrected chi connectivity index (χ3v) is 6.67. The summed E-state index contributed by atoms with van der Waals surface area (Å²) in [4.78, 5) is 0. The minimum atomic E-state index is 0.761. The van der Waals surface area contributed by atoms with Gasteiger partial charge < -0.3 is 0 Å². The standard InChI is InChI=1S/C32H21Cl/c33-31-16-8-15-29(32(31)24-19-17-23(18-20-24)22-9-2-1-3-10-22)30-21-25-11-4-5-12-26(25)27-13-6-7-14-28(27)30/h1-21H. The molecule has 0 atom stereocenters. The fraction of sp³-hybridized carbons (Fsp3) is 0. The summed E-state index contributed by atoms with van der Waals surface area (Å²) in [7, 11) is 0. The molecule has 6 aromatic carbocycles. The van der Waals surface area contributed by atoms with E-state index in [0.29, 0.717) is 0 Å². The van der Waals surface area contributed by atoms with Gasteiger partial charge in [0, 0.05) is 10.6 Å². The summed E-state index contributed by atoms with van der Waals surface area (Å²) in [5.41, 5.74) is 6.95. The summed E-state index contributed by atoms with van der Waals surface area (Å²) in [6.07, 6.45) is 0. The summed E-state index contributed by atoms with van der Waals surface area (Å²) >= 11 is 6.84. The van der Waals surface area contributed by atoms with E-state index in [1.165, 1.54) is 38.2 Å². The van der Waals surface area contributed by atoms with Gasteiger partial charge in [-0.15, -0.1) is 0 Å². The van der Waals surface area contributed by atoms with E-state index < -0.39 is 0 Å². The first kappa shape index (κ1) is 19.8. The zero-order chi connectivity index (χ0) is 22.2. The van der Waals surface area contributed by atoms with Crippen molar-refractivity contribution >= 4 is 33.1 Å². The van der Waals surface area contributed by atoms with Crippen LogP contribution in [-0.2, 0) is 0 Å². The minimum Gasteiger partial charge on any atom is -0.0836 e. The van der Waals surface area contributed by atoms with Crippen molar-refractivity contribution in [1.29, 1.82) is 0 Å². The second kappa shape index (κ2) is 8.24. The molecule has 0 aliphatic carbocycles. The lowest BCUT2D eigenvalue weighted by Gasteiger charge is -2.16. The molecular weight excluding hydrogens is 420 g/mol. The van der Waals surface area contributed by atoms with Crippen LogP contribution in [0.2, 0.25) is 5.02 Å². The molecule has 0 unspecified atom stereocenters. The Morgan fingerprint density at radius 1 is 0.394 bits per heavy atom. The molecule has 6 aromatic rings. The van der Waals surface area contributed by atoms with Crippen molar-refractivity contribution in [2.75, 3.05) is 0 Å². The first-order chi connectivity index (χ1) is 16.3. The van der Waals surface area contributed by atoms with Crippen molar-refractivity contribution in [2.45, 2.75) is 0 Å². The Bertz CT molecular complexity index is 1600. The summed E-state index contributed by atoms with van der Waals surface area (Å²) < 4.78 is 0. The van der Waals surface area contributed by atoms with Crippen molar-refractivity contribution < 1.29 is 0 Å². The molecule has 0 heterocycles. The van der Waals surface area contributed by atoms with Crippen LogP contribution in [0.5, 0.6) is 0 Å². The summed E-state index contributed by atoms with van der Waals surface area (Å²) in [5, 5.41) is 5.76. The Morgan fingerprint density at radius 3 is 1.79 bits per heavy atom. The van der Waals surface area contributed by atoms with Crippen LogP contribution in [0.3, 0.4) is 0 Å². The second-order valence-corrected chi connectivity index (χ2v) is 8.70. The van der Waals surface area contributed by atoms with Crippen molar-refractivity contribution in [1.82, 2.24) is 0 Å². The maximum absolute atomic E-state index is 6.84. The van der Waals surface area contributed by atoms with Gasteiger partial charge in [-0.3, -0.25) is 0 Å². The molecule has 156 valence electrons. The van der Waals surface area contributed by atoms with Gasteiger partial charge in [-0.2, -0.15) is 0 Å². The Balaban J connectivity index is 1.58. The monoisotopic (exact) mass is 440 g/mol. The smallest absolute Gasteiger partial charge is 0.0490 e. The van der Waals surface area contributed by atoms with E-state index in [4.69, 9.17) is 11.6 Å². The molecule has 0 nitrogen and oxygen atoms in total. The van der Waals surface area contributed by atoms with Gasteiger partial charge in [0.05, 0.1) is 0 Å². The van der Waals surface area contributed by atoms with Crippen molar-refractivity contribution in [3.05, 3.63) is 132 Å². The van der Waals surface area contributed by atoms with Gasteiger partial charge in [-0.25, -0.2) is 0 Å². The number of halogens is 1. The largest absolute Gasteiger partial charge is 0.0836 e. The lowest BCUT2D eigenvalue weighted by atomic mass is 9.88. The van der Waals surface area contributed by atoms with E-state index in [1.807, 2.05) is 18.2 Å². The number of fused-ring (bicyclic) bond motifs is 3. The molecule has 0 aromatic heterocycles. The first-order valence-electron chi connectivity index (χ1n) is 11.1. The third-order valence-electron chi connectivity index (χ3n) is 6.35. The van der Waals surface area contributed by atoms with Crippen LogP contribution in [0.4, 0.5) is 0 Å². The lowest BCUT2D eigenvalue weighted by Crippen LogP contribution is -1.90. The van der Waals surface area contributed by atoms with E-state index in [9.17, 15) is 0 Å². The van der Waals surface area contributed by atoms with Gasteiger partial charge in [0.15, 0.2) is 0 Å². The van der Waals surface area contributed by atoms with E-state index in [2.05, 4.69) is 109 Å². The molecule has 1 heteroatoms. The van der Waals surface area contributed by atoms with Gasteiger partial charge in [-0.1, -0.05) is 127 Å². The average molecular weight is 441 g/mol. The number of hydrogen-bond acceptors (Lipinski definition) is 0. The van der Waals surface area contributed by atoms with Gasteiger partial charge >= 0.3 is 0 Å². The Morgan fingerprint density at radius 2 is 1.00 bits per heavy atom. The molecule has 0 fully saturated rings. The highest BCUT2D eigenvalue weighted by Gasteiger charge is 2.15. The fourth-order valence-corrected chi connectivity index (χ4v) is 5.06. The maximum Gasteiger partial charge on any atom is 0.0490 e. The maximum atomic E-state index is 6.84. The highest BCUT2D eigenvalue weighted by Crippen LogP contribution is 2.42. The molecule has 0 aliphatic rings. The predicted octanol–water partition coefficient (Wildman–Crippen LogP) is 9.65. The van der Waals surface area contributed by atoms with Crippen LogP contribution in [0.1, 0.15) is 0 Å². The number of rotatable bonds is 3. The Hall–Kier alpha value is -3.87. The quantitative estimate of drug-likeness (QED) is 0.240. The van der Waals surface area contributed by atoms with Crippen LogP contribution < -0.4 is 0 Å². The van der Waals surface area contributed by atoms with Crippen molar-refractivity contribution in [3.63, 3.8) is 0 Å². The summed E-state index contributed by atoms with van der Waals surface area (Å²) in [5.74, 6) is 0. The second-order valence-electron chi connectivity index (χ2n) is 8.30. The number of benzene rings is 6. The summed E-state index contributed by atoms with van der Waals surface area (Å²) in [6, 6.07) is 44.9. The SMILES string of the molecule is Clc1cccc(-c2cc3ccccc3c3ccccc23)c1-c1ccc(-c2ccccc2)cc1. The Labute approximate surface area is 198 Å². The molecular formula is C32H21Cl. The van der Waals surface area contributed by atoms with E-state index in [-0.39, 0.29) is 0 Å². The highest BCUT2D eigenvalue weighted by molar-refractivity contribution is 6.34. The molecule has 0 saturated heterocycles. The van der Waals surface area contributed by atoms with Crippen molar-refractivity contribution in [2.24, 2.45) is 0 Å². The molecule has 0 bridgehead atoms. The van der Waals surface area contributed by atoms with Crippen LogP contribution in [0.25, 0.3) is 54.9 Å². The summed E-state index contributed by atoms with van der Waals surface area (Å²) in [6.45, 7) is 0. The molecule has 0 radical (unpaired) electrons. The first-order valence-corrected chi connectivity index (χ1v) is 11.5. The van der Waals surface area contributed by atoms with E-state index in [1.54, 1.807) is 0 Å². The van der Waals surface area contributed by atoms with Crippen LogP contribution in [0.15, 0.2) is 127 Å². The lowest BCUT2D eigenvalue weighted by molar-refractivity contribution is 1.58. The normalized spacial score (nSPS) is 11.2. The van der Waals surface area contributed by atoms with Gasteiger partial charge in [-0.05, 0) is 61.5 Å². The van der Waals surface area contributed by atoms with Crippen LogP contribution >= 0.6 is 11.6 Å². The molecule has 0 amide bonds. The topological polar surface area (TPSA) is 0 Å². The molecule has 0 spiro atoms. The van der Waals surface area contributed by atoms with Gasteiger partial charge in [0.2, 0.25) is 0 Å². The van der Waals surface area contributed by atoms with Crippen LogP contribution in [0, 0.1) is 0 Å². The third kappa shape index (κ3) is 3.50. The molecule has 0 N–H and O–H groups in total. The molecule has 0 aliphatic heterocycles. The molecule has 6 rings (SSSR count). The van der Waals surface area contributed by atoms with Gasteiger partial charge in [0.25, 0.3) is 0 Å². The predicted molar refractivity (Wildman–Crippen MR) is 143 cm³/mol. The zero-order valence-corrected chi connectivity index (χ0v) is 18.8. The number of hydrogen-bond donors (Lipinski definition) is 0. The molecule has 33 heavy (non-hydrogen) atoms. The average Bonchev–Trinajstić information content (AvgIpc) is 2.89. The minimum absolute atomic E-state index is 0.761. The Kier molecular flexibility index (Phi) is 4.94. The van der Waals surface area contributed by atoms with E-state index in [0.717, 1.165) is 21.7 Å². The van der Waals surface area contributed by atoms with Crippen molar-refractivity contribution in [3.8, 4) is 33.4 Å². The fourth-order valence-electron chi connectivity index (χ4n) is 4.78. The molecule has 0 saturated carbocycles. The van der Waals surface area contributed by atoms with Gasteiger partial charge in [0.1, 0.15) is 0 Å². The zero-order valence-electron chi connectivity index (χ0n) is 18.0. The highest BCUT2D eigenvalue weighted by atomic mass is 35.5. The van der Waals surface area contributed by atoms with Crippen LogP contribution in [-0.4, -0.2) is 0 Å². The van der Waals surface area contributed by atoms with E-state index >= 15 is 0 Å².